The van der Waals surface area contributed by atoms with Gasteiger partial charge in [-0.15, -0.1) is 0 Å². The van der Waals surface area contributed by atoms with Crippen molar-refractivity contribution in [2.24, 2.45) is 0 Å². The highest BCUT2D eigenvalue weighted by atomic mass is 16.3. The van der Waals surface area contributed by atoms with Crippen molar-refractivity contribution in [3.8, 4) is 0 Å². The quantitative estimate of drug-likeness (QED) is 0.646. The van der Waals surface area contributed by atoms with Crippen LogP contribution in [-0.4, -0.2) is 17.0 Å². The molecule has 0 radical (unpaired) electrons. The first-order chi connectivity index (χ1) is 6.80. The van der Waals surface area contributed by atoms with E-state index in [0.717, 1.165) is 19.3 Å². The minimum atomic E-state index is -0.759. The predicted molar refractivity (Wildman–Crippen MR) is 57.1 cm³/mol. The fraction of sp³-hybridized carbons (Fsp3) is 0.750. The predicted octanol–water partition coefficient (Wildman–Crippen LogP) is 2.61. The highest BCUT2D eigenvalue weighted by Crippen LogP contribution is 2.12. The van der Waals surface area contributed by atoms with Crippen LogP contribution in [-0.2, 0) is 4.79 Å². The van der Waals surface area contributed by atoms with E-state index in [2.05, 4.69) is 0 Å². The fourth-order valence-electron chi connectivity index (χ4n) is 1.76. The molecule has 1 N–H and O–H groups in total. The summed E-state index contributed by atoms with van der Waals surface area (Å²) in [5, 5.41) is 9.46. The van der Waals surface area contributed by atoms with Crippen LogP contribution in [0.5, 0.6) is 0 Å². The van der Waals surface area contributed by atoms with Gasteiger partial charge in [0.2, 0.25) is 0 Å². The summed E-state index contributed by atoms with van der Waals surface area (Å²) in [7, 11) is 0. The van der Waals surface area contributed by atoms with Crippen molar-refractivity contribution in [2.45, 2.75) is 57.5 Å². The van der Waals surface area contributed by atoms with Crippen LogP contribution in [0.1, 0.15) is 51.4 Å². The highest BCUT2D eigenvalue weighted by molar-refractivity contribution is 5.93. The summed E-state index contributed by atoms with van der Waals surface area (Å²) in [5.41, 5.74) is 0. The minimum absolute atomic E-state index is 0.120. The smallest absolute Gasteiger partial charge is 0.183 e. The molecule has 80 valence electrons. The maximum absolute atomic E-state index is 11.3. The van der Waals surface area contributed by atoms with Gasteiger partial charge in [0, 0.05) is 0 Å². The van der Waals surface area contributed by atoms with E-state index in [1.807, 2.05) is 6.08 Å². The molecular formula is C12H20O2. The molecule has 2 heteroatoms. The van der Waals surface area contributed by atoms with Crippen LogP contribution in [0.3, 0.4) is 0 Å². The Kier molecular flexibility index (Phi) is 5.53. The molecule has 0 fully saturated rings. The van der Waals surface area contributed by atoms with Gasteiger partial charge in [-0.2, -0.15) is 0 Å². The number of hydrogen-bond acceptors (Lipinski definition) is 2. The monoisotopic (exact) mass is 196 g/mol. The van der Waals surface area contributed by atoms with E-state index in [1.54, 1.807) is 6.08 Å². The summed E-state index contributed by atoms with van der Waals surface area (Å²) < 4.78 is 0. The Hall–Kier alpha value is -0.630. The van der Waals surface area contributed by atoms with Gasteiger partial charge in [-0.3, -0.25) is 4.79 Å². The van der Waals surface area contributed by atoms with Crippen LogP contribution in [0.25, 0.3) is 0 Å². The lowest BCUT2D eigenvalue weighted by molar-refractivity contribution is -0.122. The number of ketones is 1. The van der Waals surface area contributed by atoms with E-state index in [9.17, 15) is 9.90 Å². The summed E-state index contributed by atoms with van der Waals surface area (Å²) in [4.78, 5) is 11.3. The highest BCUT2D eigenvalue weighted by Gasteiger charge is 2.11. The van der Waals surface area contributed by atoms with Crippen molar-refractivity contribution < 1.29 is 9.90 Å². The van der Waals surface area contributed by atoms with Gasteiger partial charge in [0.05, 0.1) is 0 Å². The van der Waals surface area contributed by atoms with E-state index >= 15 is 0 Å². The van der Waals surface area contributed by atoms with Gasteiger partial charge in [0.1, 0.15) is 6.10 Å². The minimum Gasteiger partial charge on any atom is -0.385 e. The van der Waals surface area contributed by atoms with Crippen LogP contribution >= 0.6 is 0 Å². The second-order valence-corrected chi connectivity index (χ2v) is 4.02. The van der Waals surface area contributed by atoms with Crippen molar-refractivity contribution in [2.75, 3.05) is 0 Å². The number of hydrogen-bond donors (Lipinski definition) is 1. The van der Waals surface area contributed by atoms with Crippen molar-refractivity contribution in [1.29, 1.82) is 0 Å². The second-order valence-electron chi connectivity index (χ2n) is 4.02. The van der Waals surface area contributed by atoms with Gasteiger partial charge >= 0.3 is 0 Å². The van der Waals surface area contributed by atoms with Gasteiger partial charge in [-0.1, -0.05) is 38.2 Å². The molecule has 0 spiro atoms. The molecule has 0 amide bonds. The van der Waals surface area contributed by atoms with E-state index in [1.165, 1.54) is 25.7 Å². The molecular weight excluding hydrogens is 176 g/mol. The molecule has 0 aromatic heterocycles. The first-order valence-electron chi connectivity index (χ1n) is 5.69. The Morgan fingerprint density at radius 1 is 1.07 bits per heavy atom. The molecule has 14 heavy (non-hydrogen) atoms. The summed E-state index contributed by atoms with van der Waals surface area (Å²) in [6, 6.07) is 0. The Morgan fingerprint density at radius 2 is 1.71 bits per heavy atom. The lowest BCUT2D eigenvalue weighted by Crippen LogP contribution is -2.17. The number of allylic oxidation sites excluding steroid dienone is 1. The summed E-state index contributed by atoms with van der Waals surface area (Å²) >= 11 is 0. The number of aliphatic hydroxyl groups is 1. The average molecular weight is 196 g/mol. The lowest BCUT2D eigenvalue weighted by Gasteiger charge is -2.07. The van der Waals surface area contributed by atoms with Gasteiger partial charge in [-0.05, 0) is 25.3 Å². The van der Waals surface area contributed by atoms with Crippen LogP contribution in [0.15, 0.2) is 12.2 Å². The Morgan fingerprint density at radius 3 is 2.50 bits per heavy atom. The molecule has 2 nitrogen and oxygen atoms in total. The number of aliphatic hydroxyl groups excluding tert-OH is 1. The lowest BCUT2D eigenvalue weighted by atomic mass is 10.0. The largest absolute Gasteiger partial charge is 0.385 e. The van der Waals surface area contributed by atoms with Crippen LogP contribution in [0.2, 0.25) is 0 Å². The Bertz CT molecular complexity index is 196. The van der Waals surface area contributed by atoms with Gasteiger partial charge in [0.15, 0.2) is 5.78 Å². The van der Waals surface area contributed by atoms with Crippen molar-refractivity contribution in [1.82, 2.24) is 0 Å². The zero-order chi connectivity index (χ0) is 10.2. The molecule has 0 aromatic rings. The SMILES string of the molecule is O=C1C=CCCCCCCCCC1O. The second kappa shape index (κ2) is 6.77. The third-order valence-corrected chi connectivity index (χ3v) is 2.71. The van der Waals surface area contributed by atoms with Gasteiger partial charge in [0.25, 0.3) is 0 Å². The van der Waals surface area contributed by atoms with Crippen molar-refractivity contribution in [3.05, 3.63) is 12.2 Å². The first-order valence-corrected chi connectivity index (χ1v) is 5.69. The fourth-order valence-corrected chi connectivity index (χ4v) is 1.76. The molecule has 0 saturated carbocycles. The average Bonchev–Trinajstić information content (AvgIpc) is 2.18. The zero-order valence-electron chi connectivity index (χ0n) is 8.74. The van der Waals surface area contributed by atoms with Crippen LogP contribution in [0, 0.1) is 0 Å². The Balaban J connectivity index is 2.39. The molecule has 1 unspecified atom stereocenters. The third kappa shape index (κ3) is 4.56. The van der Waals surface area contributed by atoms with Gasteiger partial charge in [-0.25, -0.2) is 0 Å². The molecule has 0 heterocycles. The number of carbonyl (C=O) groups is 1. The molecule has 1 aliphatic rings. The van der Waals surface area contributed by atoms with Crippen LogP contribution < -0.4 is 0 Å². The summed E-state index contributed by atoms with van der Waals surface area (Å²) in [6.07, 6.45) is 11.4. The van der Waals surface area contributed by atoms with Gasteiger partial charge < -0.3 is 5.11 Å². The number of rotatable bonds is 0. The maximum atomic E-state index is 11.3. The van der Waals surface area contributed by atoms with E-state index in [0.29, 0.717) is 6.42 Å². The Labute approximate surface area is 86.0 Å². The molecule has 0 saturated heterocycles. The molecule has 0 bridgehead atoms. The van der Waals surface area contributed by atoms with E-state index < -0.39 is 6.10 Å². The number of carbonyl (C=O) groups excluding carboxylic acids is 1. The molecule has 0 aromatic carbocycles. The van der Waals surface area contributed by atoms with E-state index in [-0.39, 0.29) is 5.78 Å². The van der Waals surface area contributed by atoms with Crippen LogP contribution in [0.4, 0.5) is 0 Å². The standard InChI is InChI=1S/C12H20O2/c13-11-9-7-5-3-1-2-4-6-8-10-12(11)14/h7,9,12,14H,1-6,8,10H2. The molecule has 1 atom stereocenters. The normalized spacial score (nSPS) is 26.6. The summed E-state index contributed by atoms with van der Waals surface area (Å²) in [5.74, 6) is -0.120. The molecule has 0 aliphatic heterocycles. The molecule has 1 rings (SSSR count). The maximum Gasteiger partial charge on any atom is 0.183 e. The topological polar surface area (TPSA) is 37.3 Å². The first kappa shape index (κ1) is 11.4. The molecule has 1 aliphatic carbocycles. The van der Waals surface area contributed by atoms with E-state index in [4.69, 9.17) is 0 Å². The zero-order valence-corrected chi connectivity index (χ0v) is 8.74. The van der Waals surface area contributed by atoms with Crippen molar-refractivity contribution in [3.63, 3.8) is 0 Å². The van der Waals surface area contributed by atoms with Crippen molar-refractivity contribution >= 4 is 5.78 Å². The third-order valence-electron chi connectivity index (χ3n) is 2.71. The summed E-state index contributed by atoms with van der Waals surface area (Å²) in [6.45, 7) is 0.